The Bertz CT molecular complexity index is 2950. The van der Waals surface area contributed by atoms with E-state index in [2.05, 4.69) is 41.9 Å². The number of nitro groups is 1. The van der Waals surface area contributed by atoms with Gasteiger partial charge in [-0.2, -0.15) is 0 Å². The number of nitrogens with zero attached hydrogens (tertiary/aromatic N) is 4. The SMILES string of the molecule is O=C(NCCNCCNC(=O)c1cnc2ccccc2c1)c1cc(C(=O)NCCNCCNC(=O)c2cnc3ccccc3c2)cc(N2C(=O)c3cccc4cc([N+](=O)[O-])cc(c34)C2=O)c1. The molecule has 0 spiro atoms. The number of aromatic nitrogens is 2. The number of fused-ring (bicyclic) bond motifs is 2. The van der Waals surface area contributed by atoms with E-state index in [0.29, 0.717) is 55.8 Å². The number of carbonyl (C=O) groups is 6. The highest BCUT2D eigenvalue weighted by molar-refractivity contribution is 6.36. The first kappa shape index (κ1) is 44.1. The first-order valence-electron chi connectivity index (χ1n) is 21.0. The minimum absolute atomic E-state index is 0.0342. The molecule has 6 N–H and O–H groups in total. The third kappa shape index (κ3) is 9.84. The van der Waals surface area contributed by atoms with E-state index in [-0.39, 0.29) is 63.9 Å². The minimum atomic E-state index is -0.863. The number of rotatable bonds is 18. The van der Waals surface area contributed by atoms with Gasteiger partial charge in [-0.3, -0.25) is 48.8 Å². The molecule has 3 heterocycles. The van der Waals surface area contributed by atoms with Crippen LogP contribution >= 0.6 is 0 Å². The number of para-hydroxylation sites is 2. The molecule has 18 nitrogen and oxygen atoms in total. The molecule has 1 aliphatic rings. The summed E-state index contributed by atoms with van der Waals surface area (Å²) in [5.74, 6) is -3.37. The number of hydrogen-bond acceptors (Lipinski definition) is 12. The Morgan fingerprint density at radius 1 is 0.500 bits per heavy atom. The van der Waals surface area contributed by atoms with E-state index < -0.39 is 28.6 Å². The molecule has 0 fully saturated rings. The number of non-ortho nitro benzene ring substituents is 1. The molecule has 66 heavy (non-hydrogen) atoms. The van der Waals surface area contributed by atoms with Gasteiger partial charge < -0.3 is 31.9 Å². The van der Waals surface area contributed by atoms with Gasteiger partial charge in [0, 0.05) is 110 Å². The van der Waals surface area contributed by atoms with Crippen LogP contribution < -0.4 is 36.8 Å². The lowest BCUT2D eigenvalue weighted by Gasteiger charge is -2.27. The van der Waals surface area contributed by atoms with Crippen molar-refractivity contribution < 1.29 is 33.7 Å². The average Bonchev–Trinajstić information content (AvgIpc) is 3.34. The molecule has 0 saturated carbocycles. The fourth-order valence-corrected chi connectivity index (χ4v) is 7.54. The second-order valence-electron chi connectivity index (χ2n) is 15.2. The van der Waals surface area contributed by atoms with Gasteiger partial charge in [0.1, 0.15) is 0 Å². The molecule has 0 unspecified atom stereocenters. The topological polar surface area (TPSA) is 247 Å². The standard InChI is InChI=1S/C48H42N10O8/c59-43(51-16-12-49-14-18-53-45(61)34-20-29-6-1-3-10-40(29)55-27-34)32-22-33(44(60)52-17-13-50-15-19-54-46(62)35-21-30-7-2-4-11-41(30)56-28-35)25-36(24-32)57-47(63)38-9-5-8-31-23-37(58(65)66)26-39(42(31)38)48(57)64/h1-11,20-28,49-50H,12-19H2,(H,51,59)(H,52,60)(H,53,61)(H,54,62). The molecule has 0 atom stereocenters. The molecule has 0 saturated heterocycles. The van der Waals surface area contributed by atoms with Gasteiger partial charge in [-0.15, -0.1) is 0 Å². The van der Waals surface area contributed by atoms with Crippen LogP contribution in [0.3, 0.4) is 0 Å². The summed E-state index contributed by atoms with van der Waals surface area (Å²) in [6, 6.07) is 29.5. The number of amides is 6. The van der Waals surface area contributed by atoms with Crippen LogP contribution in [0.25, 0.3) is 32.6 Å². The van der Waals surface area contributed by atoms with Crippen molar-refractivity contribution in [3.05, 3.63) is 165 Å². The zero-order valence-electron chi connectivity index (χ0n) is 35.3. The molecule has 0 bridgehead atoms. The maximum atomic E-state index is 14.1. The van der Waals surface area contributed by atoms with Crippen LogP contribution in [0.2, 0.25) is 0 Å². The van der Waals surface area contributed by atoms with Crippen molar-refractivity contribution in [1.82, 2.24) is 41.9 Å². The molecule has 8 rings (SSSR count). The second kappa shape index (κ2) is 19.9. The fourth-order valence-electron chi connectivity index (χ4n) is 7.54. The Balaban J connectivity index is 0.895. The second-order valence-corrected chi connectivity index (χ2v) is 15.2. The van der Waals surface area contributed by atoms with Gasteiger partial charge in [-0.25, -0.2) is 4.90 Å². The van der Waals surface area contributed by atoms with Crippen LogP contribution in [-0.2, 0) is 0 Å². The van der Waals surface area contributed by atoms with Crippen LogP contribution in [-0.4, -0.2) is 103 Å². The molecule has 18 heteroatoms. The molecule has 332 valence electrons. The van der Waals surface area contributed by atoms with Crippen molar-refractivity contribution in [2.24, 2.45) is 0 Å². The number of anilines is 1. The van der Waals surface area contributed by atoms with Crippen LogP contribution in [0, 0.1) is 10.1 Å². The summed E-state index contributed by atoms with van der Waals surface area (Å²) < 4.78 is 0. The highest BCUT2D eigenvalue weighted by atomic mass is 16.6. The third-order valence-corrected chi connectivity index (χ3v) is 10.8. The van der Waals surface area contributed by atoms with E-state index in [9.17, 15) is 38.9 Å². The lowest BCUT2D eigenvalue weighted by atomic mass is 9.92. The molecular weight excluding hydrogens is 845 g/mol. The quantitative estimate of drug-likeness (QED) is 0.0308. The summed E-state index contributed by atoms with van der Waals surface area (Å²) in [5, 5.41) is 31.6. The lowest BCUT2D eigenvalue weighted by molar-refractivity contribution is -0.384. The van der Waals surface area contributed by atoms with Crippen molar-refractivity contribution in [2.75, 3.05) is 57.3 Å². The molecule has 5 aromatic carbocycles. The number of nitro benzene ring substituents is 1. The van der Waals surface area contributed by atoms with Gasteiger partial charge in [-0.05, 0) is 53.9 Å². The maximum Gasteiger partial charge on any atom is 0.270 e. The van der Waals surface area contributed by atoms with E-state index in [4.69, 9.17) is 0 Å². The minimum Gasteiger partial charge on any atom is -0.351 e. The van der Waals surface area contributed by atoms with Crippen molar-refractivity contribution in [1.29, 1.82) is 0 Å². The first-order chi connectivity index (χ1) is 32.0. The normalized spacial score (nSPS) is 12.0. The highest BCUT2D eigenvalue weighted by Crippen LogP contribution is 2.36. The molecule has 2 aromatic heterocycles. The van der Waals surface area contributed by atoms with Crippen LogP contribution in [0.1, 0.15) is 62.1 Å². The van der Waals surface area contributed by atoms with Crippen molar-refractivity contribution in [3.8, 4) is 0 Å². The molecule has 6 amide bonds. The number of pyridine rings is 2. The zero-order chi connectivity index (χ0) is 46.2. The predicted molar refractivity (Wildman–Crippen MR) is 247 cm³/mol. The summed E-state index contributed by atoms with van der Waals surface area (Å²) in [6.07, 6.45) is 3.03. The van der Waals surface area contributed by atoms with Crippen molar-refractivity contribution in [3.63, 3.8) is 0 Å². The van der Waals surface area contributed by atoms with E-state index >= 15 is 0 Å². The zero-order valence-corrected chi connectivity index (χ0v) is 35.3. The highest BCUT2D eigenvalue weighted by Gasteiger charge is 2.36. The Labute approximate surface area is 376 Å². The third-order valence-electron chi connectivity index (χ3n) is 10.8. The maximum absolute atomic E-state index is 14.1. The summed E-state index contributed by atoms with van der Waals surface area (Å²) in [5.41, 5.74) is 1.95. The summed E-state index contributed by atoms with van der Waals surface area (Å²) in [4.78, 5) is 101. The lowest BCUT2D eigenvalue weighted by Crippen LogP contribution is -2.41. The van der Waals surface area contributed by atoms with Gasteiger partial charge in [0.25, 0.3) is 41.1 Å². The van der Waals surface area contributed by atoms with E-state index in [1.165, 1.54) is 42.7 Å². The van der Waals surface area contributed by atoms with Gasteiger partial charge >= 0.3 is 0 Å². The van der Waals surface area contributed by atoms with E-state index in [1.54, 1.807) is 24.3 Å². The van der Waals surface area contributed by atoms with E-state index in [0.717, 1.165) is 32.8 Å². The summed E-state index contributed by atoms with van der Waals surface area (Å²) in [6.45, 7) is 2.28. The van der Waals surface area contributed by atoms with Gasteiger partial charge in [0.2, 0.25) is 0 Å². The Kier molecular flexibility index (Phi) is 13.3. The van der Waals surface area contributed by atoms with Crippen molar-refractivity contribution >= 4 is 79.4 Å². The first-order valence-corrected chi connectivity index (χ1v) is 21.0. The summed E-state index contributed by atoms with van der Waals surface area (Å²) in [7, 11) is 0. The molecular formula is C48H42N10O8. The predicted octanol–water partition coefficient (Wildman–Crippen LogP) is 4.14. The van der Waals surface area contributed by atoms with Crippen LogP contribution in [0.15, 0.2) is 122 Å². The largest absolute Gasteiger partial charge is 0.351 e. The molecule has 0 radical (unpaired) electrons. The monoisotopic (exact) mass is 886 g/mol. The Morgan fingerprint density at radius 3 is 1.45 bits per heavy atom. The van der Waals surface area contributed by atoms with Crippen LogP contribution in [0.4, 0.5) is 11.4 Å². The number of nitrogens with one attached hydrogen (secondary N) is 6. The number of carbonyl (C=O) groups excluding carboxylic acids is 6. The summed E-state index contributed by atoms with van der Waals surface area (Å²) >= 11 is 0. The fraction of sp³-hybridized carbons (Fsp3) is 0.167. The molecule has 7 aromatic rings. The van der Waals surface area contributed by atoms with Gasteiger partial charge in [-0.1, -0.05) is 48.5 Å². The van der Waals surface area contributed by atoms with Crippen molar-refractivity contribution in [2.45, 2.75) is 0 Å². The number of benzene rings is 5. The van der Waals surface area contributed by atoms with E-state index in [1.807, 2.05) is 48.5 Å². The van der Waals surface area contributed by atoms with Gasteiger partial charge in [0.05, 0.1) is 38.3 Å². The molecule has 0 aliphatic carbocycles. The van der Waals surface area contributed by atoms with Crippen LogP contribution in [0.5, 0.6) is 0 Å². The Morgan fingerprint density at radius 2 is 0.955 bits per heavy atom. The average molecular weight is 887 g/mol. The smallest absolute Gasteiger partial charge is 0.270 e. The Hall–Kier alpha value is -8.48. The molecule has 1 aliphatic heterocycles. The van der Waals surface area contributed by atoms with Gasteiger partial charge in [0.15, 0.2) is 0 Å². The number of hydrogen-bond donors (Lipinski definition) is 6. The number of imide groups is 1.